The standard InChI is InChI=1S/C11H18N4O2/c1-7(2)9(12)6-13-11-10(15(16)17)5-4-8(3)14-11/h4-5,7,9H,6,12H2,1-3H3,(H,13,14). The Bertz CT molecular complexity index is 406. The second-order valence-electron chi connectivity index (χ2n) is 4.37. The van der Waals surface area contributed by atoms with E-state index in [1.54, 1.807) is 13.0 Å². The Morgan fingerprint density at radius 2 is 2.18 bits per heavy atom. The maximum absolute atomic E-state index is 10.8. The van der Waals surface area contributed by atoms with Crippen molar-refractivity contribution in [3.8, 4) is 0 Å². The summed E-state index contributed by atoms with van der Waals surface area (Å²) in [5.74, 6) is 0.595. The Kier molecular flexibility index (Phi) is 4.39. The molecule has 0 aliphatic carbocycles. The molecule has 3 N–H and O–H groups in total. The third-order valence-corrected chi connectivity index (χ3v) is 2.57. The van der Waals surface area contributed by atoms with E-state index in [0.29, 0.717) is 12.5 Å². The van der Waals surface area contributed by atoms with Gasteiger partial charge in [0, 0.05) is 24.3 Å². The smallest absolute Gasteiger partial charge is 0.311 e. The molecule has 6 nitrogen and oxygen atoms in total. The quantitative estimate of drug-likeness (QED) is 0.601. The number of nitrogens with zero attached hydrogens (tertiary/aromatic N) is 2. The zero-order chi connectivity index (χ0) is 13.0. The lowest BCUT2D eigenvalue weighted by molar-refractivity contribution is -0.384. The van der Waals surface area contributed by atoms with Crippen LogP contribution in [0.15, 0.2) is 12.1 Å². The molecule has 17 heavy (non-hydrogen) atoms. The van der Waals surface area contributed by atoms with E-state index in [1.807, 2.05) is 13.8 Å². The summed E-state index contributed by atoms with van der Waals surface area (Å²) < 4.78 is 0. The first-order valence-corrected chi connectivity index (χ1v) is 5.53. The van der Waals surface area contributed by atoms with Crippen LogP contribution in [0.3, 0.4) is 0 Å². The molecule has 0 radical (unpaired) electrons. The van der Waals surface area contributed by atoms with Gasteiger partial charge in [-0.1, -0.05) is 13.8 Å². The van der Waals surface area contributed by atoms with Gasteiger partial charge in [-0.2, -0.15) is 0 Å². The Hall–Kier alpha value is -1.69. The van der Waals surface area contributed by atoms with Crippen molar-refractivity contribution in [3.05, 3.63) is 27.9 Å². The fourth-order valence-electron chi connectivity index (χ4n) is 1.28. The summed E-state index contributed by atoms with van der Waals surface area (Å²) in [5.41, 5.74) is 6.58. The van der Waals surface area contributed by atoms with Gasteiger partial charge in [-0.25, -0.2) is 4.98 Å². The summed E-state index contributed by atoms with van der Waals surface area (Å²) in [6.45, 7) is 6.26. The highest BCUT2D eigenvalue weighted by molar-refractivity contribution is 5.56. The van der Waals surface area contributed by atoms with Gasteiger partial charge in [0.2, 0.25) is 5.82 Å². The van der Waals surface area contributed by atoms with Crippen LogP contribution in [-0.2, 0) is 0 Å². The SMILES string of the molecule is Cc1ccc([N+](=O)[O-])c(NCC(N)C(C)C)n1. The molecule has 1 atom stereocenters. The van der Waals surface area contributed by atoms with Gasteiger partial charge in [0.05, 0.1) is 4.92 Å². The Morgan fingerprint density at radius 3 is 2.71 bits per heavy atom. The molecule has 0 bridgehead atoms. The summed E-state index contributed by atoms with van der Waals surface area (Å²) in [6, 6.07) is 3.01. The normalized spacial score (nSPS) is 12.5. The van der Waals surface area contributed by atoms with Crippen LogP contribution in [0.2, 0.25) is 0 Å². The minimum absolute atomic E-state index is 0.0217. The minimum Gasteiger partial charge on any atom is -0.363 e. The lowest BCUT2D eigenvalue weighted by Gasteiger charge is -2.16. The molecule has 0 amide bonds. The number of nitrogens with two attached hydrogens (primary N) is 1. The van der Waals surface area contributed by atoms with Crippen LogP contribution < -0.4 is 11.1 Å². The van der Waals surface area contributed by atoms with Gasteiger partial charge in [-0.3, -0.25) is 10.1 Å². The molecule has 1 aromatic heterocycles. The molecule has 0 spiro atoms. The first-order chi connectivity index (χ1) is 7.91. The van der Waals surface area contributed by atoms with Crippen molar-refractivity contribution in [2.45, 2.75) is 26.8 Å². The first-order valence-electron chi connectivity index (χ1n) is 5.53. The number of anilines is 1. The fourth-order valence-corrected chi connectivity index (χ4v) is 1.28. The Labute approximate surface area is 100 Å². The predicted molar refractivity (Wildman–Crippen MR) is 66.9 cm³/mol. The first kappa shape index (κ1) is 13.4. The van der Waals surface area contributed by atoms with Crippen LogP contribution in [0, 0.1) is 23.0 Å². The highest BCUT2D eigenvalue weighted by Gasteiger charge is 2.16. The number of pyridine rings is 1. The van der Waals surface area contributed by atoms with E-state index < -0.39 is 4.92 Å². The predicted octanol–water partition coefficient (Wildman–Crippen LogP) is 1.69. The average molecular weight is 238 g/mol. The van der Waals surface area contributed by atoms with Gasteiger partial charge >= 0.3 is 5.69 Å². The number of nitro groups is 1. The Morgan fingerprint density at radius 1 is 1.53 bits per heavy atom. The van der Waals surface area contributed by atoms with E-state index in [9.17, 15) is 10.1 Å². The second-order valence-corrected chi connectivity index (χ2v) is 4.37. The largest absolute Gasteiger partial charge is 0.363 e. The van der Waals surface area contributed by atoms with E-state index >= 15 is 0 Å². The van der Waals surface area contributed by atoms with Crippen LogP contribution in [0.1, 0.15) is 19.5 Å². The lowest BCUT2D eigenvalue weighted by atomic mass is 10.1. The third-order valence-electron chi connectivity index (χ3n) is 2.57. The van der Waals surface area contributed by atoms with E-state index in [1.165, 1.54) is 6.07 Å². The maximum Gasteiger partial charge on any atom is 0.311 e. The van der Waals surface area contributed by atoms with Gasteiger partial charge < -0.3 is 11.1 Å². The van der Waals surface area contributed by atoms with Crippen molar-refractivity contribution in [2.75, 3.05) is 11.9 Å². The molecule has 0 fully saturated rings. The molecule has 1 aromatic rings. The van der Waals surface area contributed by atoms with Gasteiger partial charge in [0.15, 0.2) is 0 Å². The van der Waals surface area contributed by atoms with Crippen molar-refractivity contribution in [1.82, 2.24) is 4.98 Å². The van der Waals surface area contributed by atoms with E-state index in [2.05, 4.69) is 10.3 Å². The summed E-state index contributed by atoms with van der Waals surface area (Å²) in [7, 11) is 0. The lowest BCUT2D eigenvalue weighted by Crippen LogP contribution is -2.34. The van der Waals surface area contributed by atoms with E-state index in [-0.39, 0.29) is 17.5 Å². The van der Waals surface area contributed by atoms with Gasteiger partial charge in [-0.15, -0.1) is 0 Å². The maximum atomic E-state index is 10.8. The third kappa shape index (κ3) is 3.67. The van der Waals surface area contributed by atoms with Crippen molar-refractivity contribution < 1.29 is 4.92 Å². The number of hydrogen-bond donors (Lipinski definition) is 2. The minimum atomic E-state index is -0.449. The molecule has 0 saturated heterocycles. The summed E-state index contributed by atoms with van der Waals surface area (Å²) in [5, 5.41) is 13.7. The summed E-state index contributed by atoms with van der Waals surface area (Å²) in [6.07, 6.45) is 0. The van der Waals surface area contributed by atoms with Crippen molar-refractivity contribution in [3.63, 3.8) is 0 Å². The van der Waals surface area contributed by atoms with Crippen LogP contribution in [0.25, 0.3) is 0 Å². The number of aromatic nitrogens is 1. The van der Waals surface area contributed by atoms with Crippen LogP contribution in [0.4, 0.5) is 11.5 Å². The van der Waals surface area contributed by atoms with Crippen molar-refractivity contribution in [2.24, 2.45) is 11.7 Å². The van der Waals surface area contributed by atoms with E-state index in [4.69, 9.17) is 5.73 Å². The molecule has 1 heterocycles. The van der Waals surface area contributed by atoms with Gasteiger partial charge in [0.25, 0.3) is 0 Å². The number of aryl methyl sites for hydroxylation is 1. The fraction of sp³-hybridized carbons (Fsp3) is 0.545. The summed E-state index contributed by atoms with van der Waals surface area (Å²) >= 11 is 0. The van der Waals surface area contributed by atoms with Gasteiger partial charge in [0.1, 0.15) is 0 Å². The highest BCUT2D eigenvalue weighted by Crippen LogP contribution is 2.21. The zero-order valence-electron chi connectivity index (χ0n) is 10.3. The zero-order valence-corrected chi connectivity index (χ0v) is 10.3. The molecular formula is C11H18N4O2. The Balaban J connectivity index is 2.82. The highest BCUT2D eigenvalue weighted by atomic mass is 16.6. The van der Waals surface area contributed by atoms with Crippen molar-refractivity contribution in [1.29, 1.82) is 0 Å². The van der Waals surface area contributed by atoms with Crippen LogP contribution in [-0.4, -0.2) is 22.5 Å². The van der Waals surface area contributed by atoms with Crippen LogP contribution in [0.5, 0.6) is 0 Å². The van der Waals surface area contributed by atoms with Crippen LogP contribution >= 0.6 is 0 Å². The molecule has 1 unspecified atom stereocenters. The number of nitrogens with one attached hydrogen (secondary N) is 1. The number of hydrogen-bond acceptors (Lipinski definition) is 5. The van der Waals surface area contributed by atoms with E-state index in [0.717, 1.165) is 5.69 Å². The monoisotopic (exact) mass is 238 g/mol. The molecule has 0 aliphatic rings. The average Bonchev–Trinajstić information content (AvgIpc) is 2.25. The molecule has 1 rings (SSSR count). The molecule has 94 valence electrons. The molecular weight excluding hydrogens is 220 g/mol. The number of rotatable bonds is 5. The summed E-state index contributed by atoms with van der Waals surface area (Å²) in [4.78, 5) is 14.5. The van der Waals surface area contributed by atoms with Gasteiger partial charge in [-0.05, 0) is 18.9 Å². The topological polar surface area (TPSA) is 94.1 Å². The molecule has 0 saturated carbocycles. The molecule has 0 aliphatic heterocycles. The molecule has 6 heteroatoms. The molecule has 0 aromatic carbocycles. The van der Waals surface area contributed by atoms with Crippen molar-refractivity contribution >= 4 is 11.5 Å². The second kappa shape index (κ2) is 5.58.